The topological polar surface area (TPSA) is 117 Å². The van der Waals surface area contributed by atoms with Crippen LogP contribution in [0.3, 0.4) is 0 Å². The molecule has 0 fully saturated rings. The van der Waals surface area contributed by atoms with Gasteiger partial charge in [0.1, 0.15) is 22.6 Å². The Morgan fingerprint density at radius 3 is 2.47 bits per heavy atom. The van der Waals surface area contributed by atoms with Crippen molar-refractivity contribution in [2.24, 2.45) is 7.05 Å². The van der Waals surface area contributed by atoms with E-state index < -0.39 is 34.2 Å². The molecule has 16 heteroatoms. The Labute approximate surface area is 177 Å². The maximum atomic E-state index is 13.2. The molecule has 2 aromatic rings. The van der Waals surface area contributed by atoms with Crippen LogP contribution in [0.25, 0.3) is 0 Å². The Balaban J connectivity index is 2.13. The molecular weight excluding hydrogens is 479 g/mol. The molecule has 4 N–H and O–H groups in total. The highest BCUT2D eigenvalue weighted by molar-refractivity contribution is 7.87. The monoisotopic (exact) mass is 492 g/mol. The van der Waals surface area contributed by atoms with E-state index in [0.717, 1.165) is 16.8 Å². The molecule has 0 spiro atoms. The van der Waals surface area contributed by atoms with Gasteiger partial charge in [-0.1, -0.05) is 23.2 Å². The molecule has 1 unspecified atom stereocenters. The lowest BCUT2D eigenvalue weighted by atomic mass is 10.3. The van der Waals surface area contributed by atoms with Crippen molar-refractivity contribution in [3.8, 4) is 0 Å². The number of benzene rings is 1. The number of nitrogens with zero attached hydrogens (tertiary/aromatic N) is 2. The fourth-order valence-corrected chi connectivity index (χ4v) is 3.40. The first-order valence-electron chi connectivity index (χ1n) is 7.82. The van der Waals surface area contributed by atoms with Crippen molar-refractivity contribution in [2.75, 3.05) is 10.7 Å². The van der Waals surface area contributed by atoms with E-state index in [1.165, 1.54) is 17.8 Å². The normalized spacial score (nSPS) is 13.2. The van der Waals surface area contributed by atoms with E-state index >= 15 is 0 Å². The number of hydrogen-bond donors (Lipinski definition) is 4. The van der Waals surface area contributed by atoms with Crippen molar-refractivity contribution in [2.45, 2.75) is 19.1 Å². The molecular formula is C14H14Cl2F4N6O3S. The molecule has 30 heavy (non-hydrogen) atoms. The van der Waals surface area contributed by atoms with Gasteiger partial charge in [0, 0.05) is 12.7 Å². The summed E-state index contributed by atoms with van der Waals surface area (Å²) in [6.07, 6.45) is -4.80. The molecule has 1 aromatic heterocycles. The van der Waals surface area contributed by atoms with Crippen molar-refractivity contribution in [1.82, 2.24) is 19.3 Å². The van der Waals surface area contributed by atoms with E-state index in [-0.39, 0.29) is 27.2 Å². The van der Waals surface area contributed by atoms with Crippen LogP contribution in [-0.4, -0.2) is 36.3 Å². The molecule has 1 aromatic carbocycles. The summed E-state index contributed by atoms with van der Waals surface area (Å²) in [6, 6.07) is 1.06. The van der Waals surface area contributed by atoms with E-state index in [1.54, 1.807) is 4.83 Å². The maximum absolute atomic E-state index is 13.2. The average Bonchev–Trinajstić information content (AvgIpc) is 2.89. The van der Waals surface area contributed by atoms with Gasteiger partial charge in [-0.05, 0) is 25.1 Å². The van der Waals surface area contributed by atoms with Gasteiger partial charge < -0.3 is 5.32 Å². The van der Waals surface area contributed by atoms with Gasteiger partial charge in [0.05, 0.1) is 5.02 Å². The first-order chi connectivity index (χ1) is 13.7. The van der Waals surface area contributed by atoms with Crippen molar-refractivity contribution in [3.63, 3.8) is 0 Å². The lowest BCUT2D eigenvalue weighted by molar-refractivity contribution is -0.147. The van der Waals surface area contributed by atoms with E-state index in [2.05, 4.69) is 10.4 Å². The Kier molecular flexibility index (Phi) is 7.19. The smallest absolute Gasteiger partial charge is 0.321 e. The fraction of sp³-hybridized carbons (Fsp3) is 0.286. The van der Waals surface area contributed by atoms with Gasteiger partial charge in [0.25, 0.3) is 16.1 Å². The molecule has 1 heterocycles. The van der Waals surface area contributed by atoms with Crippen LogP contribution < -0.4 is 20.3 Å². The number of aromatic nitrogens is 2. The van der Waals surface area contributed by atoms with Crippen molar-refractivity contribution >= 4 is 50.8 Å². The van der Waals surface area contributed by atoms with Crippen molar-refractivity contribution in [1.29, 1.82) is 0 Å². The fourth-order valence-electron chi connectivity index (χ4n) is 2.03. The van der Waals surface area contributed by atoms with Crippen molar-refractivity contribution < 1.29 is 30.8 Å². The van der Waals surface area contributed by atoms with Crippen LogP contribution >= 0.6 is 23.2 Å². The minimum Gasteiger partial charge on any atom is -0.321 e. The quantitative estimate of drug-likeness (QED) is 0.350. The molecule has 2 rings (SSSR count). The summed E-state index contributed by atoms with van der Waals surface area (Å²) in [7, 11) is -3.34. The molecule has 1 atom stereocenters. The molecule has 0 saturated carbocycles. The number of carbonyl (C=O) groups excluding carboxylic acids is 1. The molecule has 9 nitrogen and oxygen atoms in total. The third kappa shape index (κ3) is 5.95. The summed E-state index contributed by atoms with van der Waals surface area (Å²) in [5.41, 5.74) is 1.94. The van der Waals surface area contributed by atoms with Crippen LogP contribution in [0, 0.1) is 5.82 Å². The Hall–Kier alpha value is -2.13. The highest BCUT2D eigenvalue weighted by Gasteiger charge is 2.38. The number of carbonyl (C=O) groups is 1. The predicted molar refractivity (Wildman–Crippen MR) is 102 cm³/mol. The first-order valence-corrected chi connectivity index (χ1v) is 10.1. The number of aryl methyl sites for hydroxylation is 1. The first kappa shape index (κ1) is 24.1. The van der Waals surface area contributed by atoms with E-state index in [0.29, 0.717) is 6.92 Å². The number of hydrazine groups is 1. The summed E-state index contributed by atoms with van der Waals surface area (Å²) in [5.74, 6) is -1.84. The van der Waals surface area contributed by atoms with Crippen LogP contribution in [-0.2, 0) is 17.3 Å². The van der Waals surface area contributed by atoms with Crippen LogP contribution in [0.5, 0.6) is 0 Å². The number of amides is 1. The summed E-state index contributed by atoms with van der Waals surface area (Å²) in [5, 5.41) is 5.61. The largest absolute Gasteiger partial charge is 0.404 e. The lowest BCUT2D eigenvalue weighted by Gasteiger charge is -2.17. The standard InChI is InChI=1S/C14H14Cl2F4N6O3S/c1-6(14(18,19)20)24-30(28,29)25-22-12-10(16)11(26(2)23-12)13(27)21-7-3-4-9(17)8(15)5-7/h3-6,24-25H,1-2H3,(H,21,27)(H,22,23). The molecule has 166 valence electrons. The van der Waals surface area contributed by atoms with Gasteiger partial charge in [-0.3, -0.25) is 14.9 Å². The minimum absolute atomic E-state index is 0.143. The minimum atomic E-state index is -4.80. The Bertz CT molecular complexity index is 1060. The van der Waals surface area contributed by atoms with E-state index in [4.69, 9.17) is 23.2 Å². The number of halogens is 6. The highest BCUT2D eigenvalue weighted by atomic mass is 35.5. The highest BCUT2D eigenvalue weighted by Crippen LogP contribution is 2.26. The SMILES string of the molecule is CC(NS(=O)(=O)NNc1nn(C)c(C(=O)Nc2ccc(F)c(Cl)c2)c1Cl)C(F)(F)F. The number of rotatable bonds is 7. The molecule has 1 amide bonds. The van der Waals surface area contributed by atoms with Crippen LogP contribution in [0.2, 0.25) is 10.0 Å². The summed E-state index contributed by atoms with van der Waals surface area (Å²) in [6.45, 7) is 0.608. The molecule has 0 saturated heterocycles. The van der Waals surface area contributed by atoms with Gasteiger partial charge >= 0.3 is 6.18 Å². The van der Waals surface area contributed by atoms with Crippen LogP contribution in [0.1, 0.15) is 17.4 Å². The average molecular weight is 493 g/mol. The van der Waals surface area contributed by atoms with Gasteiger partial charge in [-0.25, -0.2) is 4.39 Å². The van der Waals surface area contributed by atoms with E-state index in [1.807, 2.05) is 5.43 Å². The van der Waals surface area contributed by atoms with Gasteiger partial charge in [0.2, 0.25) is 0 Å². The van der Waals surface area contributed by atoms with E-state index in [9.17, 15) is 30.8 Å². The van der Waals surface area contributed by atoms with Crippen molar-refractivity contribution in [3.05, 3.63) is 39.8 Å². The maximum Gasteiger partial charge on any atom is 0.404 e. The number of nitrogens with one attached hydrogen (secondary N) is 4. The van der Waals surface area contributed by atoms with Crippen LogP contribution in [0.15, 0.2) is 18.2 Å². The predicted octanol–water partition coefficient (Wildman–Crippen LogP) is 2.82. The molecule has 0 radical (unpaired) electrons. The second-order valence-corrected chi connectivity index (χ2v) is 8.06. The molecule has 0 aliphatic carbocycles. The second kappa shape index (κ2) is 8.93. The van der Waals surface area contributed by atoms with Gasteiger partial charge in [0.15, 0.2) is 5.82 Å². The lowest BCUT2D eigenvalue weighted by Crippen LogP contribution is -2.49. The zero-order chi connectivity index (χ0) is 22.9. The third-order valence-electron chi connectivity index (χ3n) is 3.51. The van der Waals surface area contributed by atoms with Gasteiger partial charge in [-0.2, -0.15) is 31.4 Å². The number of hydrogen-bond acceptors (Lipinski definition) is 5. The number of alkyl halides is 3. The Morgan fingerprint density at radius 2 is 1.90 bits per heavy atom. The molecule has 0 aliphatic rings. The molecule has 0 aliphatic heterocycles. The third-order valence-corrected chi connectivity index (χ3v) is 5.19. The zero-order valence-electron chi connectivity index (χ0n) is 15.1. The summed E-state index contributed by atoms with van der Waals surface area (Å²) in [4.78, 5) is 14.0. The summed E-state index contributed by atoms with van der Waals surface area (Å²) < 4.78 is 76.4. The number of anilines is 2. The summed E-state index contributed by atoms with van der Waals surface area (Å²) >= 11 is 11.7. The zero-order valence-corrected chi connectivity index (χ0v) is 17.4. The van der Waals surface area contributed by atoms with Crippen LogP contribution in [0.4, 0.5) is 29.1 Å². The second-order valence-electron chi connectivity index (χ2n) is 5.83. The van der Waals surface area contributed by atoms with Gasteiger partial charge in [-0.15, -0.1) is 4.83 Å². The Morgan fingerprint density at radius 1 is 1.27 bits per heavy atom. The molecule has 0 bridgehead atoms.